The number of benzene rings is 1. The normalized spacial score (nSPS) is 24.1. The van der Waals surface area contributed by atoms with E-state index >= 15 is 0 Å². The molecule has 20 heavy (non-hydrogen) atoms. The lowest BCUT2D eigenvalue weighted by molar-refractivity contribution is 0.131. The summed E-state index contributed by atoms with van der Waals surface area (Å²) in [6, 6.07) is 10.2. The van der Waals surface area contributed by atoms with Crippen molar-refractivity contribution in [3.05, 3.63) is 35.4 Å². The molecule has 1 fully saturated rings. The van der Waals surface area contributed by atoms with Crippen LogP contribution in [-0.4, -0.2) is 18.3 Å². The minimum Gasteiger partial charge on any atom is -0.396 e. The van der Waals surface area contributed by atoms with Gasteiger partial charge in [0.2, 0.25) is 0 Å². The van der Waals surface area contributed by atoms with Gasteiger partial charge in [-0.25, -0.2) is 0 Å². The van der Waals surface area contributed by atoms with Crippen LogP contribution in [0, 0.1) is 23.2 Å². The standard InChI is InChI=1S/C17H24N2O/c1-13(15-8-4-5-14(9-15)10-18)19-11-16-6-2-3-7-17(16)12-20/h4-5,8-9,13,16-17,19-20H,2-3,6-7,11-12H2,1H3. The first-order chi connectivity index (χ1) is 9.74. The van der Waals surface area contributed by atoms with Gasteiger partial charge in [0.25, 0.3) is 0 Å². The highest BCUT2D eigenvalue weighted by atomic mass is 16.3. The van der Waals surface area contributed by atoms with Gasteiger partial charge in [-0.3, -0.25) is 0 Å². The number of hydrogen-bond acceptors (Lipinski definition) is 3. The largest absolute Gasteiger partial charge is 0.396 e. The number of aliphatic hydroxyl groups is 1. The molecule has 0 radical (unpaired) electrons. The second kappa shape index (κ2) is 7.42. The van der Waals surface area contributed by atoms with E-state index in [1.165, 1.54) is 19.3 Å². The van der Waals surface area contributed by atoms with Crippen molar-refractivity contribution in [3.8, 4) is 6.07 Å². The van der Waals surface area contributed by atoms with Gasteiger partial charge >= 0.3 is 0 Å². The Labute approximate surface area is 121 Å². The summed E-state index contributed by atoms with van der Waals surface area (Å²) in [7, 11) is 0. The molecular weight excluding hydrogens is 248 g/mol. The predicted molar refractivity (Wildman–Crippen MR) is 80.1 cm³/mol. The van der Waals surface area contributed by atoms with Gasteiger partial charge in [-0.1, -0.05) is 25.0 Å². The van der Waals surface area contributed by atoms with E-state index in [0.717, 1.165) is 18.5 Å². The Kier molecular flexibility index (Phi) is 5.58. The molecule has 0 heterocycles. The lowest BCUT2D eigenvalue weighted by Gasteiger charge is -2.31. The third kappa shape index (κ3) is 3.82. The van der Waals surface area contributed by atoms with Gasteiger partial charge in [-0.15, -0.1) is 0 Å². The highest BCUT2D eigenvalue weighted by Crippen LogP contribution is 2.29. The van der Waals surface area contributed by atoms with E-state index in [4.69, 9.17) is 5.26 Å². The number of hydrogen-bond donors (Lipinski definition) is 2. The molecule has 1 aromatic rings. The quantitative estimate of drug-likeness (QED) is 0.866. The van der Waals surface area contributed by atoms with Crippen LogP contribution < -0.4 is 5.32 Å². The van der Waals surface area contributed by atoms with Crippen LogP contribution >= 0.6 is 0 Å². The van der Waals surface area contributed by atoms with Crippen LogP contribution in [0.1, 0.15) is 49.8 Å². The highest BCUT2D eigenvalue weighted by Gasteiger charge is 2.24. The summed E-state index contributed by atoms with van der Waals surface area (Å²) in [5, 5.41) is 22.0. The molecule has 2 N–H and O–H groups in total. The Bertz CT molecular complexity index is 466. The van der Waals surface area contributed by atoms with Gasteiger partial charge in [-0.05, 0) is 55.8 Å². The van der Waals surface area contributed by atoms with Gasteiger partial charge in [0.15, 0.2) is 0 Å². The molecule has 0 bridgehead atoms. The summed E-state index contributed by atoms with van der Waals surface area (Å²) in [4.78, 5) is 0. The van der Waals surface area contributed by atoms with Crippen molar-refractivity contribution in [3.63, 3.8) is 0 Å². The zero-order valence-corrected chi connectivity index (χ0v) is 12.2. The fourth-order valence-corrected chi connectivity index (χ4v) is 3.12. The Morgan fingerprint density at radius 3 is 2.80 bits per heavy atom. The van der Waals surface area contributed by atoms with Gasteiger partial charge < -0.3 is 10.4 Å². The molecule has 0 spiro atoms. The van der Waals surface area contributed by atoms with E-state index < -0.39 is 0 Å². The SMILES string of the molecule is CC(NCC1CCCCC1CO)c1cccc(C#N)c1. The van der Waals surface area contributed by atoms with E-state index in [1.807, 2.05) is 18.2 Å². The van der Waals surface area contributed by atoms with Crippen LogP contribution in [0.5, 0.6) is 0 Å². The minimum atomic E-state index is 0.240. The summed E-state index contributed by atoms with van der Waals surface area (Å²) in [5.74, 6) is 1.03. The maximum absolute atomic E-state index is 9.45. The molecule has 0 aliphatic heterocycles. The Morgan fingerprint density at radius 2 is 2.10 bits per heavy atom. The molecule has 0 aromatic heterocycles. The summed E-state index contributed by atoms with van der Waals surface area (Å²) < 4.78 is 0. The van der Waals surface area contributed by atoms with Crippen LogP contribution in [0.15, 0.2) is 24.3 Å². The predicted octanol–water partition coefficient (Wildman–Crippen LogP) is 3.01. The monoisotopic (exact) mass is 272 g/mol. The average Bonchev–Trinajstić information content (AvgIpc) is 2.52. The average molecular weight is 272 g/mol. The maximum Gasteiger partial charge on any atom is 0.0991 e. The van der Waals surface area contributed by atoms with Crippen molar-refractivity contribution < 1.29 is 5.11 Å². The maximum atomic E-state index is 9.45. The minimum absolute atomic E-state index is 0.240. The summed E-state index contributed by atoms with van der Waals surface area (Å²) in [5.41, 5.74) is 1.86. The number of nitrogens with zero attached hydrogens (tertiary/aromatic N) is 1. The van der Waals surface area contributed by atoms with Crippen LogP contribution in [0.25, 0.3) is 0 Å². The lowest BCUT2D eigenvalue weighted by Crippen LogP contribution is -2.33. The van der Waals surface area contributed by atoms with Crippen molar-refractivity contribution in [2.24, 2.45) is 11.8 Å². The molecule has 0 saturated heterocycles. The first-order valence-corrected chi connectivity index (χ1v) is 7.59. The first-order valence-electron chi connectivity index (χ1n) is 7.59. The highest BCUT2D eigenvalue weighted by molar-refractivity contribution is 5.34. The van der Waals surface area contributed by atoms with E-state index in [9.17, 15) is 5.11 Å². The summed E-state index contributed by atoms with van der Waals surface area (Å²) in [6.07, 6.45) is 4.90. The molecule has 3 heteroatoms. The number of rotatable bonds is 5. The van der Waals surface area contributed by atoms with Gasteiger partial charge in [0.1, 0.15) is 0 Å². The second-order valence-electron chi connectivity index (χ2n) is 5.85. The van der Waals surface area contributed by atoms with Crippen molar-refractivity contribution in [2.75, 3.05) is 13.2 Å². The van der Waals surface area contributed by atoms with Crippen molar-refractivity contribution >= 4 is 0 Å². The van der Waals surface area contributed by atoms with E-state index in [0.29, 0.717) is 24.0 Å². The van der Waals surface area contributed by atoms with Crippen LogP contribution in [0.3, 0.4) is 0 Å². The fraction of sp³-hybridized carbons (Fsp3) is 0.588. The van der Waals surface area contributed by atoms with Crippen LogP contribution in [-0.2, 0) is 0 Å². The van der Waals surface area contributed by atoms with Crippen molar-refractivity contribution in [1.29, 1.82) is 5.26 Å². The van der Waals surface area contributed by atoms with Crippen molar-refractivity contribution in [1.82, 2.24) is 5.32 Å². The topological polar surface area (TPSA) is 56.0 Å². The lowest BCUT2D eigenvalue weighted by atomic mass is 9.79. The molecule has 2 rings (SSSR count). The first kappa shape index (κ1) is 15.0. The van der Waals surface area contributed by atoms with E-state index in [2.05, 4.69) is 24.4 Å². The number of nitrogens with one attached hydrogen (secondary N) is 1. The molecular formula is C17H24N2O. The molecule has 1 saturated carbocycles. The summed E-state index contributed by atoms with van der Waals surface area (Å²) >= 11 is 0. The second-order valence-corrected chi connectivity index (χ2v) is 5.85. The van der Waals surface area contributed by atoms with Gasteiger partial charge in [-0.2, -0.15) is 5.26 Å². The molecule has 1 aromatic carbocycles. The molecule has 3 unspecified atom stereocenters. The third-order valence-corrected chi connectivity index (χ3v) is 4.50. The van der Waals surface area contributed by atoms with Crippen LogP contribution in [0.4, 0.5) is 0 Å². The number of aliphatic hydroxyl groups excluding tert-OH is 1. The van der Waals surface area contributed by atoms with Gasteiger partial charge in [0, 0.05) is 12.6 Å². The van der Waals surface area contributed by atoms with E-state index in [1.54, 1.807) is 0 Å². The molecule has 1 aliphatic carbocycles. The van der Waals surface area contributed by atoms with Crippen LogP contribution in [0.2, 0.25) is 0 Å². The van der Waals surface area contributed by atoms with Crippen molar-refractivity contribution in [2.45, 2.75) is 38.6 Å². The Balaban J connectivity index is 1.90. The zero-order valence-electron chi connectivity index (χ0n) is 12.2. The molecule has 108 valence electrons. The van der Waals surface area contributed by atoms with E-state index in [-0.39, 0.29) is 6.04 Å². The summed E-state index contributed by atoms with van der Waals surface area (Å²) in [6.45, 7) is 3.39. The smallest absolute Gasteiger partial charge is 0.0991 e. The number of nitriles is 1. The molecule has 3 nitrogen and oxygen atoms in total. The zero-order chi connectivity index (χ0) is 14.4. The Hall–Kier alpha value is -1.37. The van der Waals surface area contributed by atoms with Gasteiger partial charge in [0.05, 0.1) is 11.6 Å². The third-order valence-electron chi connectivity index (χ3n) is 4.50. The molecule has 0 amide bonds. The fourth-order valence-electron chi connectivity index (χ4n) is 3.12. The Morgan fingerprint density at radius 1 is 1.35 bits per heavy atom. The molecule has 1 aliphatic rings. The molecule has 3 atom stereocenters.